The van der Waals surface area contributed by atoms with Crippen LogP contribution in [0.4, 0.5) is 5.69 Å². The molecule has 1 N–H and O–H groups in total. The topological polar surface area (TPSA) is 66.5 Å². The second-order valence-electron chi connectivity index (χ2n) is 6.20. The third kappa shape index (κ3) is 5.68. The Morgan fingerprint density at radius 1 is 1.04 bits per heavy atom. The Labute approximate surface area is 156 Å². The van der Waals surface area contributed by atoms with Gasteiger partial charge in [-0.1, -0.05) is 49.2 Å². The van der Waals surface area contributed by atoms with E-state index in [1.54, 1.807) is 29.2 Å². The summed E-state index contributed by atoms with van der Waals surface area (Å²) >= 11 is 0. The molecule has 1 amide bonds. The van der Waals surface area contributed by atoms with Gasteiger partial charge in [-0.2, -0.15) is 0 Å². The molecule has 0 aliphatic rings. The van der Waals surface area contributed by atoms with Gasteiger partial charge in [0.15, 0.2) is 0 Å². The lowest BCUT2D eigenvalue weighted by Crippen LogP contribution is -2.35. The first kappa shape index (κ1) is 20.1. The van der Waals surface area contributed by atoms with Crippen molar-refractivity contribution in [2.75, 3.05) is 18.0 Å². The lowest BCUT2D eigenvalue weighted by atomic mass is 10.2. The number of nitrogens with one attached hydrogen (secondary N) is 1. The van der Waals surface area contributed by atoms with E-state index in [0.717, 1.165) is 24.1 Å². The fourth-order valence-corrected chi connectivity index (χ4v) is 3.58. The third-order valence-electron chi connectivity index (χ3n) is 4.07. The van der Waals surface area contributed by atoms with Gasteiger partial charge in [-0.15, -0.1) is 0 Å². The SMILES string of the molecule is CCCCN(C(=O)CCNS(=O)(=O)c1ccc(C)cc1)c1ccccc1. The number of nitrogens with zero attached hydrogens (tertiary/aromatic N) is 1. The second kappa shape index (κ2) is 9.50. The summed E-state index contributed by atoms with van der Waals surface area (Å²) < 4.78 is 27.1. The minimum atomic E-state index is -3.60. The second-order valence-corrected chi connectivity index (χ2v) is 7.96. The summed E-state index contributed by atoms with van der Waals surface area (Å²) in [6, 6.07) is 16.1. The van der Waals surface area contributed by atoms with E-state index in [-0.39, 0.29) is 23.8 Å². The predicted molar refractivity (Wildman–Crippen MR) is 105 cm³/mol. The van der Waals surface area contributed by atoms with Crippen LogP contribution in [0, 0.1) is 6.92 Å². The zero-order valence-electron chi connectivity index (χ0n) is 15.3. The fraction of sp³-hybridized carbons (Fsp3) is 0.350. The normalized spacial score (nSPS) is 11.3. The van der Waals surface area contributed by atoms with Crippen molar-refractivity contribution in [2.45, 2.75) is 38.0 Å². The van der Waals surface area contributed by atoms with E-state index in [4.69, 9.17) is 0 Å². The lowest BCUT2D eigenvalue weighted by molar-refractivity contribution is -0.118. The van der Waals surface area contributed by atoms with Crippen molar-refractivity contribution in [3.63, 3.8) is 0 Å². The van der Waals surface area contributed by atoms with Crippen LogP contribution in [0.25, 0.3) is 0 Å². The van der Waals surface area contributed by atoms with E-state index in [1.807, 2.05) is 37.3 Å². The number of anilines is 1. The molecule has 0 bridgehead atoms. The summed E-state index contributed by atoms with van der Waals surface area (Å²) in [6.45, 7) is 4.68. The van der Waals surface area contributed by atoms with Crippen LogP contribution in [0.5, 0.6) is 0 Å². The number of para-hydroxylation sites is 1. The summed E-state index contributed by atoms with van der Waals surface area (Å²) in [4.78, 5) is 14.5. The number of carbonyl (C=O) groups excluding carboxylic acids is 1. The van der Waals surface area contributed by atoms with Crippen LogP contribution < -0.4 is 9.62 Å². The monoisotopic (exact) mass is 374 g/mol. The summed E-state index contributed by atoms with van der Waals surface area (Å²) in [5.41, 5.74) is 1.83. The Morgan fingerprint density at radius 3 is 2.31 bits per heavy atom. The molecule has 0 atom stereocenters. The van der Waals surface area contributed by atoms with E-state index < -0.39 is 10.0 Å². The number of hydrogen-bond acceptors (Lipinski definition) is 3. The molecule has 5 nitrogen and oxygen atoms in total. The number of unbranched alkanes of at least 4 members (excludes halogenated alkanes) is 1. The molecule has 0 unspecified atom stereocenters. The Morgan fingerprint density at radius 2 is 1.69 bits per heavy atom. The van der Waals surface area contributed by atoms with Gasteiger partial charge in [-0.25, -0.2) is 13.1 Å². The van der Waals surface area contributed by atoms with Gasteiger partial charge in [0.05, 0.1) is 4.90 Å². The number of benzene rings is 2. The van der Waals surface area contributed by atoms with Gasteiger partial charge in [0, 0.05) is 25.2 Å². The molecular weight excluding hydrogens is 348 g/mol. The quantitative estimate of drug-likeness (QED) is 0.730. The molecule has 6 heteroatoms. The highest BCUT2D eigenvalue weighted by atomic mass is 32.2. The van der Waals surface area contributed by atoms with E-state index in [1.165, 1.54) is 0 Å². The number of sulfonamides is 1. The number of aryl methyl sites for hydroxylation is 1. The largest absolute Gasteiger partial charge is 0.312 e. The molecule has 0 spiro atoms. The molecule has 2 aromatic carbocycles. The molecule has 0 saturated heterocycles. The molecule has 0 aromatic heterocycles. The van der Waals surface area contributed by atoms with Gasteiger partial charge < -0.3 is 4.90 Å². The highest BCUT2D eigenvalue weighted by Crippen LogP contribution is 2.16. The van der Waals surface area contributed by atoms with Crippen LogP contribution in [0.2, 0.25) is 0 Å². The van der Waals surface area contributed by atoms with Crippen molar-refractivity contribution in [2.24, 2.45) is 0 Å². The van der Waals surface area contributed by atoms with Crippen LogP contribution in [-0.2, 0) is 14.8 Å². The van der Waals surface area contributed by atoms with E-state index in [9.17, 15) is 13.2 Å². The summed E-state index contributed by atoms with van der Waals surface area (Å²) in [7, 11) is -3.60. The summed E-state index contributed by atoms with van der Waals surface area (Å²) in [6.07, 6.45) is 2.00. The van der Waals surface area contributed by atoms with Crippen molar-refractivity contribution < 1.29 is 13.2 Å². The maximum absolute atomic E-state index is 12.6. The first-order chi connectivity index (χ1) is 12.4. The van der Waals surface area contributed by atoms with Gasteiger partial charge in [0.1, 0.15) is 0 Å². The fourth-order valence-electron chi connectivity index (χ4n) is 2.55. The zero-order valence-corrected chi connectivity index (χ0v) is 16.1. The molecule has 0 saturated carbocycles. The predicted octanol–water partition coefficient (Wildman–Crippen LogP) is 3.50. The maximum atomic E-state index is 12.6. The van der Waals surface area contributed by atoms with Crippen LogP contribution in [0.15, 0.2) is 59.5 Å². The van der Waals surface area contributed by atoms with E-state index >= 15 is 0 Å². The molecule has 0 aliphatic carbocycles. The van der Waals surface area contributed by atoms with E-state index in [2.05, 4.69) is 11.6 Å². The Hall–Kier alpha value is -2.18. The number of rotatable bonds is 9. The standard InChI is InChI=1S/C20H26N2O3S/c1-3-4-16-22(18-8-6-5-7-9-18)20(23)14-15-21-26(24,25)19-12-10-17(2)11-13-19/h5-13,21H,3-4,14-16H2,1-2H3. The van der Waals surface area contributed by atoms with Crippen molar-refractivity contribution in [1.29, 1.82) is 0 Å². The van der Waals surface area contributed by atoms with Crippen molar-refractivity contribution in [3.05, 3.63) is 60.2 Å². The zero-order chi connectivity index (χ0) is 19.0. The van der Waals surface area contributed by atoms with Crippen LogP contribution in [0.3, 0.4) is 0 Å². The molecule has 0 fully saturated rings. The van der Waals surface area contributed by atoms with Gasteiger partial charge in [-0.05, 0) is 37.6 Å². The van der Waals surface area contributed by atoms with Gasteiger partial charge in [0.2, 0.25) is 15.9 Å². The molecule has 0 heterocycles. The van der Waals surface area contributed by atoms with Gasteiger partial charge in [0.25, 0.3) is 0 Å². The first-order valence-electron chi connectivity index (χ1n) is 8.86. The Bertz CT molecular complexity index is 803. The van der Waals surface area contributed by atoms with Crippen LogP contribution in [-0.4, -0.2) is 27.4 Å². The van der Waals surface area contributed by atoms with Gasteiger partial charge >= 0.3 is 0 Å². The van der Waals surface area contributed by atoms with Crippen molar-refractivity contribution in [3.8, 4) is 0 Å². The molecule has 0 aliphatic heterocycles. The number of carbonyl (C=O) groups is 1. The third-order valence-corrected chi connectivity index (χ3v) is 5.54. The number of hydrogen-bond donors (Lipinski definition) is 1. The van der Waals surface area contributed by atoms with Crippen molar-refractivity contribution in [1.82, 2.24) is 4.72 Å². The highest BCUT2D eigenvalue weighted by molar-refractivity contribution is 7.89. The molecule has 2 rings (SSSR count). The molecule has 140 valence electrons. The summed E-state index contributed by atoms with van der Waals surface area (Å²) in [5.74, 6) is -0.0868. The minimum absolute atomic E-state index is 0.0739. The minimum Gasteiger partial charge on any atom is -0.312 e. The summed E-state index contributed by atoms with van der Waals surface area (Å²) in [5, 5.41) is 0. The van der Waals surface area contributed by atoms with Crippen LogP contribution >= 0.6 is 0 Å². The molecule has 26 heavy (non-hydrogen) atoms. The Balaban J connectivity index is 1.98. The average Bonchev–Trinajstić information content (AvgIpc) is 2.63. The maximum Gasteiger partial charge on any atom is 0.240 e. The van der Waals surface area contributed by atoms with Gasteiger partial charge in [-0.3, -0.25) is 4.79 Å². The number of amides is 1. The highest BCUT2D eigenvalue weighted by Gasteiger charge is 2.17. The molecule has 2 aromatic rings. The lowest BCUT2D eigenvalue weighted by Gasteiger charge is -2.23. The van der Waals surface area contributed by atoms with Crippen LogP contribution in [0.1, 0.15) is 31.7 Å². The van der Waals surface area contributed by atoms with E-state index in [0.29, 0.717) is 6.54 Å². The van der Waals surface area contributed by atoms with Crippen molar-refractivity contribution >= 4 is 21.6 Å². The molecular formula is C20H26N2O3S. The first-order valence-corrected chi connectivity index (χ1v) is 10.3. The molecule has 0 radical (unpaired) electrons. The Kier molecular flexibility index (Phi) is 7.36. The average molecular weight is 375 g/mol. The smallest absolute Gasteiger partial charge is 0.240 e.